The van der Waals surface area contributed by atoms with Crippen molar-refractivity contribution in [2.24, 2.45) is 28.6 Å². The number of carbonyl (C=O) groups excluding carboxylic acids is 2. The lowest BCUT2D eigenvalue weighted by atomic mass is 9.47. The Bertz CT molecular complexity index is 550. The van der Waals surface area contributed by atoms with Gasteiger partial charge in [0.2, 0.25) is 12.3 Å². The Kier molecular flexibility index (Phi) is 3.74. The summed E-state index contributed by atoms with van der Waals surface area (Å²) in [7, 11) is 1.96. The number of amides is 2. The Labute approximate surface area is 145 Å². The summed E-state index contributed by atoms with van der Waals surface area (Å²) in [4.78, 5) is 25.1. The van der Waals surface area contributed by atoms with Crippen LogP contribution in [0, 0.1) is 28.6 Å². The lowest BCUT2D eigenvalue weighted by molar-refractivity contribution is -0.138. The summed E-state index contributed by atoms with van der Waals surface area (Å²) < 4.78 is 0. The number of carbonyl (C=O) groups is 2. The molecule has 0 bridgehead atoms. The van der Waals surface area contributed by atoms with Crippen molar-refractivity contribution in [3.63, 3.8) is 0 Å². The predicted octanol–water partition coefficient (Wildman–Crippen LogP) is 2.96. The molecule has 4 rings (SSSR count). The first-order valence-corrected chi connectivity index (χ1v) is 9.87. The van der Waals surface area contributed by atoms with E-state index in [0.29, 0.717) is 18.5 Å². The third-order valence-corrected chi connectivity index (χ3v) is 8.70. The smallest absolute Gasteiger partial charge is 0.220 e. The number of hydrogen-bond donors (Lipinski definition) is 1. The van der Waals surface area contributed by atoms with Crippen molar-refractivity contribution in [1.82, 2.24) is 10.2 Å². The number of nitrogens with one attached hydrogen (secondary N) is 1. The third-order valence-electron chi connectivity index (χ3n) is 8.70. The molecule has 1 saturated heterocycles. The number of piperidine rings is 1. The van der Waals surface area contributed by atoms with Crippen LogP contribution in [0.2, 0.25) is 0 Å². The summed E-state index contributed by atoms with van der Waals surface area (Å²) in [5.41, 5.74) is 0.574. The van der Waals surface area contributed by atoms with E-state index >= 15 is 0 Å². The molecule has 3 saturated carbocycles. The largest absolute Gasteiger partial charge is 0.353 e. The third kappa shape index (κ3) is 2.10. The summed E-state index contributed by atoms with van der Waals surface area (Å²) in [6.07, 6.45) is 10.1. The van der Waals surface area contributed by atoms with Crippen molar-refractivity contribution in [2.45, 2.75) is 77.3 Å². The molecule has 1 aliphatic heterocycles. The lowest BCUT2D eigenvalue weighted by Crippen LogP contribution is -2.61. The maximum Gasteiger partial charge on any atom is 0.220 e. The Balaban J connectivity index is 1.61. The van der Waals surface area contributed by atoms with Gasteiger partial charge in [-0.05, 0) is 73.5 Å². The van der Waals surface area contributed by atoms with Crippen LogP contribution in [0.4, 0.5) is 0 Å². The van der Waals surface area contributed by atoms with E-state index in [4.69, 9.17) is 0 Å². The van der Waals surface area contributed by atoms with Gasteiger partial charge < -0.3 is 10.2 Å². The van der Waals surface area contributed by atoms with Crippen LogP contribution >= 0.6 is 0 Å². The zero-order valence-corrected chi connectivity index (χ0v) is 15.4. The van der Waals surface area contributed by atoms with Crippen LogP contribution < -0.4 is 5.32 Å². The van der Waals surface area contributed by atoms with Crippen LogP contribution in [0.5, 0.6) is 0 Å². The van der Waals surface area contributed by atoms with E-state index in [-0.39, 0.29) is 16.7 Å². The molecule has 4 fully saturated rings. The normalized spacial score (nSPS) is 50.3. The molecule has 3 aliphatic carbocycles. The van der Waals surface area contributed by atoms with Crippen molar-refractivity contribution < 1.29 is 9.59 Å². The molecule has 0 spiro atoms. The minimum atomic E-state index is 0.255. The highest BCUT2D eigenvalue weighted by Gasteiger charge is 2.60. The van der Waals surface area contributed by atoms with Gasteiger partial charge in [-0.25, -0.2) is 0 Å². The summed E-state index contributed by atoms with van der Waals surface area (Å²) >= 11 is 0. The highest BCUT2D eigenvalue weighted by molar-refractivity contribution is 5.77. The van der Waals surface area contributed by atoms with E-state index < -0.39 is 0 Å². The van der Waals surface area contributed by atoms with Gasteiger partial charge >= 0.3 is 0 Å². The van der Waals surface area contributed by atoms with Crippen LogP contribution in [-0.4, -0.2) is 36.3 Å². The maximum atomic E-state index is 11.9. The molecule has 7 atom stereocenters. The van der Waals surface area contributed by atoms with E-state index in [1.54, 1.807) is 0 Å². The van der Waals surface area contributed by atoms with Gasteiger partial charge in [-0.2, -0.15) is 0 Å². The average Bonchev–Trinajstić information content (AvgIpc) is 2.92. The zero-order valence-electron chi connectivity index (χ0n) is 15.4. The van der Waals surface area contributed by atoms with Crippen LogP contribution in [0.3, 0.4) is 0 Å². The molecule has 24 heavy (non-hydrogen) atoms. The molecule has 1 N–H and O–H groups in total. The molecule has 4 nitrogen and oxygen atoms in total. The Hall–Kier alpha value is -1.06. The molecule has 1 heterocycles. The van der Waals surface area contributed by atoms with E-state index in [9.17, 15) is 9.59 Å². The van der Waals surface area contributed by atoms with Gasteiger partial charge in [0.15, 0.2) is 0 Å². The first-order valence-electron chi connectivity index (χ1n) is 9.87. The van der Waals surface area contributed by atoms with Crippen molar-refractivity contribution >= 4 is 12.3 Å². The molecular formula is C20H32N2O2. The topological polar surface area (TPSA) is 49.4 Å². The van der Waals surface area contributed by atoms with Crippen LogP contribution in [0.15, 0.2) is 0 Å². The number of rotatable bonds is 2. The standard InChI is InChI=1S/C20H32N2O2/c1-19-11-9-18(24)21-16(19)6-4-13-14-5-7-17(22(3)12-23)20(14,2)10-8-15(13)19/h12-17H,4-11H2,1-3H3,(H,21,24)/t13?,14?,15?,16-,17+,19-,20+/m1/s1. The van der Waals surface area contributed by atoms with Gasteiger partial charge in [-0.1, -0.05) is 13.8 Å². The molecule has 134 valence electrons. The maximum absolute atomic E-state index is 11.9. The molecule has 0 radical (unpaired) electrons. The molecule has 0 aromatic heterocycles. The average molecular weight is 332 g/mol. The first kappa shape index (κ1) is 16.4. The molecule has 4 aliphatic rings. The second kappa shape index (κ2) is 5.47. The molecule has 0 aromatic rings. The van der Waals surface area contributed by atoms with Crippen molar-refractivity contribution in [3.05, 3.63) is 0 Å². The second-order valence-corrected chi connectivity index (χ2v) is 9.49. The summed E-state index contributed by atoms with van der Waals surface area (Å²) in [5.74, 6) is 2.53. The second-order valence-electron chi connectivity index (χ2n) is 9.49. The zero-order chi connectivity index (χ0) is 17.1. The molecule has 4 heteroatoms. The van der Waals surface area contributed by atoms with Gasteiger partial charge in [-0.15, -0.1) is 0 Å². The van der Waals surface area contributed by atoms with Crippen molar-refractivity contribution in [2.75, 3.05) is 7.05 Å². The molecule has 0 aromatic carbocycles. The number of nitrogens with zero attached hydrogens (tertiary/aromatic N) is 1. The summed E-state index contributed by atoms with van der Waals surface area (Å²) in [6.45, 7) is 4.89. The predicted molar refractivity (Wildman–Crippen MR) is 93.2 cm³/mol. The van der Waals surface area contributed by atoms with E-state index in [0.717, 1.165) is 43.4 Å². The van der Waals surface area contributed by atoms with E-state index in [1.165, 1.54) is 25.7 Å². The monoisotopic (exact) mass is 332 g/mol. The van der Waals surface area contributed by atoms with Gasteiger partial charge in [0, 0.05) is 25.6 Å². The number of hydrogen-bond acceptors (Lipinski definition) is 2. The SMILES string of the molecule is CN(C=O)[C@H]1CCC2C3CC[C@H]4NC(=O)CC[C@]4(C)C3CC[C@@]21C. The van der Waals surface area contributed by atoms with Crippen molar-refractivity contribution in [3.8, 4) is 0 Å². The Morgan fingerprint density at radius 3 is 2.54 bits per heavy atom. The fourth-order valence-corrected chi connectivity index (χ4v) is 7.42. The number of fused-ring (bicyclic) bond motifs is 5. The minimum absolute atomic E-state index is 0.255. The summed E-state index contributed by atoms with van der Waals surface area (Å²) in [6, 6.07) is 0.803. The van der Waals surface area contributed by atoms with Gasteiger partial charge in [0.05, 0.1) is 0 Å². The highest BCUT2D eigenvalue weighted by Crippen LogP contribution is 2.64. The molecule has 3 unspecified atom stereocenters. The minimum Gasteiger partial charge on any atom is -0.353 e. The quantitative estimate of drug-likeness (QED) is 0.790. The molecule has 2 amide bonds. The fraction of sp³-hybridized carbons (Fsp3) is 0.900. The van der Waals surface area contributed by atoms with E-state index in [2.05, 4.69) is 19.2 Å². The summed E-state index contributed by atoms with van der Waals surface area (Å²) in [5, 5.41) is 3.30. The Morgan fingerprint density at radius 1 is 1.04 bits per heavy atom. The van der Waals surface area contributed by atoms with Gasteiger partial charge in [-0.3, -0.25) is 9.59 Å². The highest BCUT2D eigenvalue weighted by atomic mass is 16.1. The molecular weight excluding hydrogens is 300 g/mol. The van der Waals surface area contributed by atoms with E-state index in [1.807, 2.05) is 11.9 Å². The van der Waals surface area contributed by atoms with Gasteiger partial charge in [0.25, 0.3) is 0 Å². The van der Waals surface area contributed by atoms with Crippen LogP contribution in [0.25, 0.3) is 0 Å². The van der Waals surface area contributed by atoms with Crippen molar-refractivity contribution in [1.29, 1.82) is 0 Å². The van der Waals surface area contributed by atoms with Crippen LogP contribution in [-0.2, 0) is 9.59 Å². The fourth-order valence-electron chi connectivity index (χ4n) is 7.42. The Morgan fingerprint density at radius 2 is 1.79 bits per heavy atom. The van der Waals surface area contributed by atoms with Gasteiger partial charge in [0.1, 0.15) is 0 Å². The van der Waals surface area contributed by atoms with Crippen LogP contribution in [0.1, 0.15) is 65.2 Å². The first-order chi connectivity index (χ1) is 11.4. The lowest BCUT2D eigenvalue weighted by Gasteiger charge is -2.60.